The fourth-order valence-electron chi connectivity index (χ4n) is 2.44. The van der Waals surface area contributed by atoms with Crippen molar-refractivity contribution in [3.63, 3.8) is 0 Å². The molecule has 0 aliphatic heterocycles. The van der Waals surface area contributed by atoms with Gasteiger partial charge in [0.25, 0.3) is 0 Å². The van der Waals surface area contributed by atoms with Gasteiger partial charge in [-0.2, -0.15) is 0 Å². The maximum atomic E-state index is 11.9. The molecule has 0 aliphatic carbocycles. The van der Waals surface area contributed by atoms with Crippen LogP contribution < -0.4 is 16.0 Å². The Morgan fingerprint density at radius 1 is 0.963 bits per heavy atom. The van der Waals surface area contributed by atoms with Gasteiger partial charge in [0.05, 0.1) is 5.54 Å². The first-order valence-electron chi connectivity index (χ1n) is 10.1. The standard InChI is InChI=1S/C20H43N5O2/c1-19(2,3)27-18(26)24-20(4,5)16-23-17(21-6)22-14-12-10-9-11-13-15-25(7)8/h9-16H2,1-8H3,(H,24,26)(H2,21,22,23). The first-order chi connectivity index (χ1) is 12.4. The molecule has 0 saturated heterocycles. The molecule has 27 heavy (non-hydrogen) atoms. The van der Waals surface area contributed by atoms with Gasteiger partial charge < -0.3 is 25.6 Å². The van der Waals surface area contributed by atoms with E-state index in [0.717, 1.165) is 18.9 Å². The van der Waals surface area contributed by atoms with Crippen molar-refractivity contribution in [3.05, 3.63) is 0 Å². The minimum atomic E-state index is -0.502. The number of unbranched alkanes of at least 4 members (excludes halogenated alkanes) is 4. The lowest BCUT2D eigenvalue weighted by Crippen LogP contribution is -2.54. The van der Waals surface area contributed by atoms with Gasteiger partial charge in [0.15, 0.2) is 5.96 Å². The number of aliphatic imine (C=N–C) groups is 1. The molecule has 0 rings (SSSR count). The van der Waals surface area contributed by atoms with Gasteiger partial charge in [0.1, 0.15) is 5.60 Å². The third-order valence-corrected chi connectivity index (χ3v) is 3.84. The molecule has 0 unspecified atom stereocenters. The minimum absolute atomic E-state index is 0.411. The molecule has 0 aromatic rings. The summed E-state index contributed by atoms with van der Waals surface area (Å²) in [5.74, 6) is 0.752. The van der Waals surface area contributed by atoms with Crippen LogP contribution in [0.25, 0.3) is 0 Å². The molecule has 160 valence electrons. The van der Waals surface area contributed by atoms with Crippen molar-refractivity contribution < 1.29 is 9.53 Å². The van der Waals surface area contributed by atoms with Crippen molar-refractivity contribution in [3.8, 4) is 0 Å². The van der Waals surface area contributed by atoms with E-state index in [4.69, 9.17) is 4.74 Å². The Hall–Kier alpha value is -1.50. The zero-order chi connectivity index (χ0) is 20.9. The second-order valence-electron chi connectivity index (χ2n) is 8.93. The summed E-state index contributed by atoms with van der Waals surface area (Å²) in [6.45, 7) is 12.1. The van der Waals surface area contributed by atoms with Crippen LogP contribution >= 0.6 is 0 Å². The maximum Gasteiger partial charge on any atom is 0.408 e. The van der Waals surface area contributed by atoms with E-state index < -0.39 is 17.2 Å². The van der Waals surface area contributed by atoms with Gasteiger partial charge >= 0.3 is 6.09 Å². The number of carbonyl (C=O) groups is 1. The molecular weight excluding hydrogens is 342 g/mol. The Labute approximate surface area is 166 Å². The lowest BCUT2D eigenvalue weighted by atomic mass is 10.1. The zero-order valence-electron chi connectivity index (χ0n) is 18.9. The van der Waals surface area contributed by atoms with E-state index in [1.165, 1.54) is 32.2 Å². The van der Waals surface area contributed by atoms with Crippen molar-refractivity contribution in [2.45, 2.75) is 77.9 Å². The van der Waals surface area contributed by atoms with E-state index in [2.05, 4.69) is 39.9 Å². The van der Waals surface area contributed by atoms with E-state index in [-0.39, 0.29) is 0 Å². The fraction of sp³-hybridized carbons (Fsp3) is 0.900. The van der Waals surface area contributed by atoms with Crippen LogP contribution in [0.5, 0.6) is 0 Å². The number of carbonyl (C=O) groups excluding carboxylic acids is 1. The topological polar surface area (TPSA) is 78.0 Å². The highest BCUT2D eigenvalue weighted by Crippen LogP contribution is 2.09. The van der Waals surface area contributed by atoms with Crippen LogP contribution in [-0.2, 0) is 4.74 Å². The van der Waals surface area contributed by atoms with Crippen LogP contribution in [-0.4, -0.2) is 68.9 Å². The second-order valence-corrected chi connectivity index (χ2v) is 8.93. The van der Waals surface area contributed by atoms with Crippen LogP contribution in [0.3, 0.4) is 0 Å². The van der Waals surface area contributed by atoms with Crippen molar-refractivity contribution in [1.82, 2.24) is 20.9 Å². The van der Waals surface area contributed by atoms with E-state index in [1.807, 2.05) is 34.6 Å². The highest BCUT2D eigenvalue weighted by Gasteiger charge is 2.24. The second kappa shape index (κ2) is 12.8. The van der Waals surface area contributed by atoms with Gasteiger partial charge in [-0.15, -0.1) is 0 Å². The Kier molecular flexibility index (Phi) is 12.1. The molecule has 7 heteroatoms. The number of nitrogens with one attached hydrogen (secondary N) is 3. The largest absolute Gasteiger partial charge is 0.444 e. The van der Waals surface area contributed by atoms with Crippen LogP contribution in [0, 0.1) is 0 Å². The van der Waals surface area contributed by atoms with Crippen LogP contribution in [0.4, 0.5) is 4.79 Å². The Morgan fingerprint density at radius 2 is 1.56 bits per heavy atom. The van der Waals surface area contributed by atoms with Gasteiger partial charge in [-0.3, -0.25) is 4.99 Å². The molecule has 0 fully saturated rings. The summed E-state index contributed by atoms with van der Waals surface area (Å²) in [6.07, 6.45) is 5.77. The Balaban J connectivity index is 3.98. The number of hydrogen-bond donors (Lipinski definition) is 3. The van der Waals surface area contributed by atoms with Crippen molar-refractivity contribution >= 4 is 12.1 Å². The number of nitrogens with zero attached hydrogens (tertiary/aromatic N) is 2. The van der Waals surface area contributed by atoms with Crippen LogP contribution in [0.1, 0.15) is 66.7 Å². The number of amides is 1. The number of alkyl carbamates (subject to hydrolysis) is 1. The van der Waals surface area contributed by atoms with Crippen molar-refractivity contribution in [2.75, 3.05) is 40.8 Å². The molecule has 0 heterocycles. The van der Waals surface area contributed by atoms with E-state index in [1.54, 1.807) is 7.05 Å². The summed E-state index contributed by atoms with van der Waals surface area (Å²) < 4.78 is 5.31. The quantitative estimate of drug-likeness (QED) is 0.289. The highest BCUT2D eigenvalue weighted by molar-refractivity contribution is 5.79. The molecule has 0 aromatic heterocycles. The molecule has 0 bridgehead atoms. The Morgan fingerprint density at radius 3 is 2.11 bits per heavy atom. The molecule has 0 spiro atoms. The van der Waals surface area contributed by atoms with E-state index in [9.17, 15) is 4.79 Å². The minimum Gasteiger partial charge on any atom is -0.444 e. The highest BCUT2D eigenvalue weighted by atomic mass is 16.6. The normalized spacial score (nSPS) is 12.9. The lowest BCUT2D eigenvalue weighted by Gasteiger charge is -2.29. The number of ether oxygens (including phenoxy) is 1. The summed E-state index contributed by atoms with van der Waals surface area (Å²) in [5.41, 5.74) is -0.954. The van der Waals surface area contributed by atoms with Crippen LogP contribution in [0.2, 0.25) is 0 Å². The average molecular weight is 386 g/mol. The molecule has 0 atom stereocenters. The van der Waals surface area contributed by atoms with Crippen molar-refractivity contribution in [1.29, 1.82) is 0 Å². The third kappa shape index (κ3) is 16.4. The summed E-state index contributed by atoms with van der Waals surface area (Å²) in [6, 6.07) is 0. The number of rotatable bonds is 11. The first kappa shape index (κ1) is 25.5. The predicted molar refractivity (Wildman–Crippen MR) is 114 cm³/mol. The average Bonchev–Trinajstić information content (AvgIpc) is 2.49. The Bertz CT molecular complexity index is 442. The first-order valence-corrected chi connectivity index (χ1v) is 10.1. The number of guanidine groups is 1. The summed E-state index contributed by atoms with van der Waals surface area (Å²) >= 11 is 0. The van der Waals surface area contributed by atoms with Gasteiger partial charge in [-0.1, -0.05) is 19.3 Å². The SMILES string of the molecule is CN=C(NCCCCCCCN(C)C)NCC(C)(C)NC(=O)OC(C)(C)C. The van der Waals surface area contributed by atoms with Gasteiger partial charge in [0.2, 0.25) is 0 Å². The smallest absolute Gasteiger partial charge is 0.408 e. The predicted octanol–water partition coefficient (Wildman–Crippen LogP) is 2.97. The van der Waals surface area contributed by atoms with Gasteiger partial charge in [0, 0.05) is 20.1 Å². The molecule has 0 aromatic carbocycles. The van der Waals surface area contributed by atoms with Gasteiger partial charge in [-0.05, 0) is 68.1 Å². The molecule has 0 aliphatic rings. The summed E-state index contributed by atoms with van der Waals surface area (Å²) in [7, 11) is 5.99. The molecule has 0 saturated carbocycles. The molecule has 1 amide bonds. The van der Waals surface area contributed by atoms with Crippen molar-refractivity contribution in [2.24, 2.45) is 4.99 Å². The van der Waals surface area contributed by atoms with E-state index >= 15 is 0 Å². The number of hydrogen-bond acceptors (Lipinski definition) is 4. The van der Waals surface area contributed by atoms with Gasteiger partial charge in [-0.25, -0.2) is 4.79 Å². The van der Waals surface area contributed by atoms with E-state index in [0.29, 0.717) is 6.54 Å². The molecule has 0 radical (unpaired) electrons. The zero-order valence-corrected chi connectivity index (χ0v) is 18.9. The summed E-state index contributed by atoms with van der Waals surface area (Å²) in [5, 5.41) is 9.48. The lowest BCUT2D eigenvalue weighted by molar-refractivity contribution is 0.0474. The monoisotopic (exact) mass is 385 g/mol. The molecular formula is C20H43N5O2. The maximum absolute atomic E-state index is 11.9. The fourth-order valence-corrected chi connectivity index (χ4v) is 2.44. The van der Waals surface area contributed by atoms with Crippen LogP contribution in [0.15, 0.2) is 4.99 Å². The third-order valence-electron chi connectivity index (χ3n) is 3.84. The molecule has 3 N–H and O–H groups in total. The molecule has 7 nitrogen and oxygen atoms in total. The summed E-state index contributed by atoms with van der Waals surface area (Å²) in [4.78, 5) is 18.4.